The van der Waals surface area contributed by atoms with Crippen LogP contribution < -0.4 is 0 Å². The molecule has 1 aliphatic carbocycles. The summed E-state index contributed by atoms with van der Waals surface area (Å²) < 4.78 is 0. The third kappa shape index (κ3) is 3.44. The molecule has 1 N–H and O–H groups in total. The molecule has 2 amide bonds. The van der Waals surface area contributed by atoms with Crippen molar-refractivity contribution in [3.05, 3.63) is 0 Å². The van der Waals surface area contributed by atoms with Crippen molar-refractivity contribution in [1.82, 2.24) is 9.80 Å². The Morgan fingerprint density at radius 1 is 1.25 bits per heavy atom. The zero-order chi connectivity index (χ0) is 14.7. The molecule has 1 saturated carbocycles. The Labute approximate surface area is 120 Å². The van der Waals surface area contributed by atoms with Crippen molar-refractivity contribution in [2.24, 2.45) is 17.8 Å². The fraction of sp³-hybridized carbons (Fsp3) is 0.867. The molecule has 0 spiro atoms. The molecule has 5 nitrogen and oxygen atoms in total. The van der Waals surface area contributed by atoms with Crippen molar-refractivity contribution in [2.75, 3.05) is 26.7 Å². The van der Waals surface area contributed by atoms with Crippen LogP contribution in [0.5, 0.6) is 0 Å². The first-order chi connectivity index (χ1) is 9.49. The van der Waals surface area contributed by atoms with Gasteiger partial charge in [0.2, 0.25) is 0 Å². The molecule has 0 aromatic rings. The number of nitrogens with zero attached hydrogens (tertiary/aromatic N) is 2. The van der Waals surface area contributed by atoms with E-state index in [1.165, 1.54) is 32.1 Å². The van der Waals surface area contributed by atoms with E-state index in [2.05, 4.69) is 0 Å². The van der Waals surface area contributed by atoms with Gasteiger partial charge in [0.25, 0.3) is 0 Å². The third-order valence-corrected chi connectivity index (χ3v) is 4.86. The third-order valence-electron chi connectivity index (χ3n) is 4.86. The number of carboxylic acids is 1. The van der Waals surface area contributed by atoms with Crippen LogP contribution in [0.15, 0.2) is 0 Å². The van der Waals surface area contributed by atoms with Crippen LogP contribution in [0.2, 0.25) is 0 Å². The minimum absolute atomic E-state index is 0.0596. The van der Waals surface area contributed by atoms with E-state index in [4.69, 9.17) is 5.11 Å². The highest BCUT2D eigenvalue weighted by Gasteiger charge is 2.38. The van der Waals surface area contributed by atoms with E-state index in [9.17, 15) is 9.59 Å². The van der Waals surface area contributed by atoms with Crippen LogP contribution in [0.4, 0.5) is 4.79 Å². The number of likely N-dealkylation sites (tertiary alicyclic amines) is 1. The molecule has 5 heteroatoms. The fourth-order valence-corrected chi connectivity index (χ4v) is 3.26. The lowest BCUT2D eigenvalue weighted by Gasteiger charge is -2.43. The number of urea groups is 1. The van der Waals surface area contributed by atoms with Crippen LogP contribution in [0, 0.1) is 17.8 Å². The summed E-state index contributed by atoms with van der Waals surface area (Å²) in [5.41, 5.74) is 0. The van der Waals surface area contributed by atoms with E-state index in [0.29, 0.717) is 19.0 Å². The summed E-state index contributed by atoms with van der Waals surface area (Å²) >= 11 is 0. The van der Waals surface area contributed by atoms with Gasteiger partial charge in [0.05, 0.1) is 5.92 Å². The summed E-state index contributed by atoms with van der Waals surface area (Å²) in [6.07, 6.45) is 6.37. The molecule has 2 rings (SSSR count). The average Bonchev–Trinajstić information content (AvgIpc) is 2.37. The van der Waals surface area contributed by atoms with Gasteiger partial charge in [-0.3, -0.25) is 4.79 Å². The van der Waals surface area contributed by atoms with Crippen LogP contribution >= 0.6 is 0 Å². The van der Waals surface area contributed by atoms with E-state index in [-0.39, 0.29) is 17.9 Å². The smallest absolute Gasteiger partial charge is 0.319 e. The first kappa shape index (κ1) is 15.1. The van der Waals surface area contributed by atoms with Gasteiger partial charge in [-0.1, -0.05) is 26.2 Å². The number of carboxylic acid groups (broad SMARTS) is 1. The predicted octanol–water partition coefficient (Wildman–Crippen LogP) is 2.27. The lowest BCUT2D eigenvalue weighted by atomic mass is 9.87. The van der Waals surface area contributed by atoms with Crippen LogP contribution in [0.3, 0.4) is 0 Å². The van der Waals surface area contributed by atoms with Gasteiger partial charge < -0.3 is 14.9 Å². The Morgan fingerprint density at radius 3 is 2.40 bits per heavy atom. The van der Waals surface area contributed by atoms with Crippen molar-refractivity contribution in [2.45, 2.75) is 39.0 Å². The SMILES string of the molecule is CC(C(=O)O)C1CN(C(=O)N(C)CC2CCCCC2)C1. The summed E-state index contributed by atoms with van der Waals surface area (Å²) in [4.78, 5) is 26.7. The van der Waals surface area contributed by atoms with Gasteiger partial charge in [-0.2, -0.15) is 0 Å². The van der Waals surface area contributed by atoms with Crippen molar-refractivity contribution in [3.8, 4) is 0 Å². The van der Waals surface area contributed by atoms with E-state index in [1.807, 2.05) is 11.9 Å². The zero-order valence-electron chi connectivity index (χ0n) is 12.5. The van der Waals surface area contributed by atoms with Crippen molar-refractivity contribution < 1.29 is 14.7 Å². The van der Waals surface area contributed by atoms with E-state index < -0.39 is 5.97 Å². The van der Waals surface area contributed by atoms with Crippen LogP contribution in [0.1, 0.15) is 39.0 Å². The number of hydrogen-bond acceptors (Lipinski definition) is 2. The molecular formula is C15H26N2O3. The summed E-state index contributed by atoms with van der Waals surface area (Å²) in [7, 11) is 1.87. The average molecular weight is 282 g/mol. The summed E-state index contributed by atoms with van der Waals surface area (Å²) in [6.45, 7) is 3.73. The molecule has 1 saturated heterocycles. The van der Waals surface area contributed by atoms with Crippen LogP contribution in [-0.2, 0) is 4.79 Å². The number of hydrogen-bond donors (Lipinski definition) is 1. The Kier molecular flexibility index (Phi) is 4.89. The van der Waals surface area contributed by atoms with E-state index in [0.717, 1.165) is 6.54 Å². The Hall–Kier alpha value is -1.26. The van der Waals surface area contributed by atoms with E-state index >= 15 is 0 Å². The molecule has 114 valence electrons. The quantitative estimate of drug-likeness (QED) is 0.860. The molecule has 1 atom stereocenters. The minimum Gasteiger partial charge on any atom is -0.481 e. The van der Waals surface area contributed by atoms with Gasteiger partial charge in [-0.15, -0.1) is 0 Å². The molecule has 2 fully saturated rings. The minimum atomic E-state index is -0.766. The van der Waals surface area contributed by atoms with Gasteiger partial charge in [0.1, 0.15) is 0 Å². The molecular weight excluding hydrogens is 256 g/mol. The maximum Gasteiger partial charge on any atom is 0.319 e. The normalized spacial score (nSPS) is 22.2. The molecule has 0 radical (unpaired) electrons. The number of amides is 2. The van der Waals surface area contributed by atoms with E-state index in [1.54, 1.807) is 11.8 Å². The summed E-state index contributed by atoms with van der Waals surface area (Å²) in [6, 6.07) is 0.0596. The molecule has 1 unspecified atom stereocenters. The zero-order valence-corrected chi connectivity index (χ0v) is 12.5. The fourth-order valence-electron chi connectivity index (χ4n) is 3.26. The predicted molar refractivity (Wildman–Crippen MR) is 76.5 cm³/mol. The van der Waals surface area contributed by atoms with Crippen molar-refractivity contribution in [3.63, 3.8) is 0 Å². The van der Waals surface area contributed by atoms with Gasteiger partial charge in [0.15, 0.2) is 0 Å². The number of rotatable bonds is 4. The van der Waals surface area contributed by atoms with Crippen LogP contribution in [0.25, 0.3) is 0 Å². The monoisotopic (exact) mass is 282 g/mol. The standard InChI is InChI=1S/C15H26N2O3/c1-11(14(18)19)13-9-17(10-13)15(20)16(2)8-12-6-4-3-5-7-12/h11-13H,3-10H2,1-2H3,(H,18,19). The molecule has 1 aliphatic heterocycles. The Morgan fingerprint density at radius 2 is 1.85 bits per heavy atom. The number of carbonyl (C=O) groups excluding carboxylic acids is 1. The lowest BCUT2D eigenvalue weighted by molar-refractivity contribution is -0.144. The van der Waals surface area contributed by atoms with Gasteiger partial charge in [-0.05, 0) is 18.8 Å². The highest BCUT2D eigenvalue weighted by molar-refractivity contribution is 5.76. The summed E-state index contributed by atoms with van der Waals surface area (Å²) in [5, 5.41) is 8.95. The maximum atomic E-state index is 12.2. The molecule has 0 aromatic heterocycles. The molecule has 0 bridgehead atoms. The Balaban J connectivity index is 1.73. The molecule has 1 heterocycles. The maximum absolute atomic E-state index is 12.2. The second-order valence-corrected chi connectivity index (χ2v) is 6.46. The highest BCUT2D eigenvalue weighted by atomic mass is 16.4. The second kappa shape index (κ2) is 6.46. The first-order valence-corrected chi connectivity index (χ1v) is 7.72. The molecule has 0 aromatic carbocycles. The lowest BCUT2D eigenvalue weighted by Crippen LogP contribution is -2.57. The number of aliphatic carboxylic acids is 1. The molecule has 2 aliphatic rings. The van der Waals surface area contributed by atoms with Crippen molar-refractivity contribution >= 4 is 12.0 Å². The second-order valence-electron chi connectivity index (χ2n) is 6.46. The van der Waals surface area contributed by atoms with Crippen LogP contribution in [-0.4, -0.2) is 53.6 Å². The highest BCUT2D eigenvalue weighted by Crippen LogP contribution is 2.27. The summed E-state index contributed by atoms with van der Waals surface area (Å²) in [5.74, 6) is -0.368. The number of carbonyl (C=O) groups is 2. The topological polar surface area (TPSA) is 60.9 Å². The van der Waals surface area contributed by atoms with Gasteiger partial charge >= 0.3 is 12.0 Å². The molecule has 20 heavy (non-hydrogen) atoms. The Bertz CT molecular complexity index is 360. The largest absolute Gasteiger partial charge is 0.481 e. The van der Waals surface area contributed by atoms with Crippen molar-refractivity contribution in [1.29, 1.82) is 0 Å². The first-order valence-electron chi connectivity index (χ1n) is 7.72. The van der Waals surface area contributed by atoms with Gasteiger partial charge in [0, 0.05) is 32.6 Å². The van der Waals surface area contributed by atoms with Gasteiger partial charge in [-0.25, -0.2) is 4.79 Å².